The molecule has 0 atom stereocenters. The van der Waals surface area contributed by atoms with Crippen molar-refractivity contribution in [3.8, 4) is 10.4 Å². The number of halogens is 3. The van der Waals surface area contributed by atoms with Gasteiger partial charge in [-0.2, -0.15) is 13.2 Å². The van der Waals surface area contributed by atoms with E-state index in [9.17, 15) is 18.0 Å². The molecule has 0 aromatic carbocycles. The summed E-state index contributed by atoms with van der Waals surface area (Å²) < 4.78 is 41.4. The van der Waals surface area contributed by atoms with Crippen molar-refractivity contribution in [3.63, 3.8) is 0 Å². The molecule has 1 saturated heterocycles. The minimum Gasteiger partial charge on any atom is -0.314 e. The van der Waals surface area contributed by atoms with Crippen LogP contribution in [0.5, 0.6) is 0 Å². The summed E-state index contributed by atoms with van der Waals surface area (Å²) in [5.74, 6) is 0. The van der Waals surface area contributed by atoms with Crippen LogP contribution in [-0.2, 0) is 12.7 Å². The largest absolute Gasteiger partial charge is 0.433 e. The second kappa shape index (κ2) is 6.53. The van der Waals surface area contributed by atoms with E-state index in [1.807, 2.05) is 0 Å². The molecule has 0 unspecified atom stereocenters. The standard InChI is InChI=1S/C16H16F3N5OS/c17-16(18,19)14-13(11-2-1-7-26-11)15-21-10(8-12(25)24(15)22-14)9-23-5-3-20-4-6-23/h1-2,7-8,20,22H,3-6,9H2. The molecule has 138 valence electrons. The highest BCUT2D eigenvalue weighted by Gasteiger charge is 2.38. The minimum atomic E-state index is -4.61. The molecule has 6 nitrogen and oxygen atoms in total. The van der Waals surface area contributed by atoms with E-state index in [2.05, 4.69) is 20.3 Å². The van der Waals surface area contributed by atoms with Gasteiger partial charge in [-0.3, -0.25) is 14.8 Å². The lowest BCUT2D eigenvalue weighted by Gasteiger charge is -2.26. The average Bonchev–Trinajstić information content (AvgIpc) is 3.22. The third-order valence-electron chi connectivity index (χ3n) is 4.32. The van der Waals surface area contributed by atoms with Gasteiger partial charge >= 0.3 is 6.18 Å². The first-order valence-electron chi connectivity index (χ1n) is 8.12. The normalized spacial score (nSPS) is 16.4. The molecule has 0 radical (unpaired) electrons. The molecular weight excluding hydrogens is 367 g/mol. The van der Waals surface area contributed by atoms with E-state index >= 15 is 0 Å². The van der Waals surface area contributed by atoms with Crippen LogP contribution in [0.4, 0.5) is 13.2 Å². The molecule has 4 rings (SSSR count). The van der Waals surface area contributed by atoms with Crippen LogP contribution in [0.15, 0.2) is 28.4 Å². The Kier molecular flexibility index (Phi) is 4.33. The SMILES string of the molecule is O=c1cc(CN2CCNCC2)nc2c(-c3cccs3)c(C(F)(F)F)[nH]n12. The van der Waals surface area contributed by atoms with Crippen molar-refractivity contribution in [1.29, 1.82) is 0 Å². The fourth-order valence-corrected chi connectivity index (χ4v) is 3.90. The van der Waals surface area contributed by atoms with Gasteiger partial charge in [-0.25, -0.2) is 9.50 Å². The molecule has 0 aliphatic carbocycles. The van der Waals surface area contributed by atoms with Crippen molar-refractivity contribution >= 4 is 17.0 Å². The monoisotopic (exact) mass is 383 g/mol. The molecule has 2 N–H and O–H groups in total. The molecule has 1 aliphatic rings. The highest BCUT2D eigenvalue weighted by atomic mass is 32.1. The molecule has 0 bridgehead atoms. The van der Waals surface area contributed by atoms with Crippen LogP contribution in [0, 0.1) is 0 Å². The maximum Gasteiger partial charge on any atom is 0.433 e. The number of nitrogens with zero attached hydrogens (tertiary/aromatic N) is 3. The Morgan fingerprint density at radius 3 is 2.69 bits per heavy atom. The summed E-state index contributed by atoms with van der Waals surface area (Å²) in [6.07, 6.45) is -4.61. The number of H-pyrrole nitrogens is 1. The molecule has 26 heavy (non-hydrogen) atoms. The zero-order chi connectivity index (χ0) is 18.3. The Labute approximate surface area is 150 Å². The van der Waals surface area contributed by atoms with Gasteiger partial charge in [0.1, 0.15) is 5.69 Å². The Morgan fingerprint density at radius 1 is 1.27 bits per heavy atom. The second-order valence-electron chi connectivity index (χ2n) is 6.11. The highest BCUT2D eigenvalue weighted by Crippen LogP contribution is 2.39. The third kappa shape index (κ3) is 3.15. The van der Waals surface area contributed by atoms with E-state index in [1.54, 1.807) is 17.5 Å². The van der Waals surface area contributed by atoms with Crippen LogP contribution in [0.1, 0.15) is 11.4 Å². The number of aromatic amines is 1. The van der Waals surface area contributed by atoms with Gasteiger partial charge in [0.2, 0.25) is 0 Å². The number of alkyl halides is 3. The molecule has 0 spiro atoms. The van der Waals surface area contributed by atoms with Crippen molar-refractivity contribution in [3.05, 3.63) is 45.3 Å². The highest BCUT2D eigenvalue weighted by molar-refractivity contribution is 7.13. The van der Waals surface area contributed by atoms with Crippen molar-refractivity contribution in [2.45, 2.75) is 12.7 Å². The van der Waals surface area contributed by atoms with Crippen LogP contribution in [-0.4, -0.2) is 45.7 Å². The van der Waals surface area contributed by atoms with E-state index in [0.29, 0.717) is 17.1 Å². The number of hydrogen-bond acceptors (Lipinski definition) is 5. The number of aromatic nitrogens is 3. The zero-order valence-corrected chi connectivity index (χ0v) is 14.5. The van der Waals surface area contributed by atoms with E-state index in [-0.39, 0.29) is 11.2 Å². The molecule has 0 saturated carbocycles. The first-order valence-corrected chi connectivity index (χ1v) is 9.00. The molecule has 1 fully saturated rings. The average molecular weight is 383 g/mol. The molecule has 3 aromatic heterocycles. The maximum absolute atomic E-state index is 13.5. The molecule has 4 heterocycles. The number of piperazine rings is 1. The van der Waals surface area contributed by atoms with Gasteiger partial charge in [0.15, 0.2) is 5.65 Å². The predicted molar refractivity (Wildman–Crippen MR) is 92.3 cm³/mol. The van der Waals surface area contributed by atoms with Gasteiger partial charge in [0.05, 0.1) is 11.3 Å². The van der Waals surface area contributed by atoms with Gasteiger partial charge in [0.25, 0.3) is 5.56 Å². The summed E-state index contributed by atoms with van der Waals surface area (Å²) >= 11 is 1.18. The van der Waals surface area contributed by atoms with Gasteiger partial charge in [-0.15, -0.1) is 11.3 Å². The van der Waals surface area contributed by atoms with E-state index < -0.39 is 17.4 Å². The van der Waals surface area contributed by atoms with Gasteiger partial charge < -0.3 is 5.32 Å². The smallest absolute Gasteiger partial charge is 0.314 e. The quantitative estimate of drug-likeness (QED) is 0.728. The van der Waals surface area contributed by atoms with Crippen LogP contribution in [0.25, 0.3) is 16.1 Å². The third-order valence-corrected chi connectivity index (χ3v) is 5.20. The van der Waals surface area contributed by atoms with Gasteiger partial charge in [-0.05, 0) is 11.4 Å². The Balaban J connectivity index is 1.86. The van der Waals surface area contributed by atoms with E-state index in [1.165, 1.54) is 17.4 Å². The number of fused-ring (bicyclic) bond motifs is 1. The number of rotatable bonds is 3. The molecule has 1 aliphatic heterocycles. The Morgan fingerprint density at radius 2 is 2.04 bits per heavy atom. The van der Waals surface area contributed by atoms with Crippen LogP contribution < -0.4 is 10.9 Å². The fourth-order valence-electron chi connectivity index (χ4n) is 3.12. The van der Waals surface area contributed by atoms with E-state index in [0.717, 1.165) is 30.7 Å². The second-order valence-corrected chi connectivity index (χ2v) is 7.06. The Hall–Kier alpha value is -2.17. The number of hydrogen-bond donors (Lipinski definition) is 2. The van der Waals surface area contributed by atoms with Gasteiger partial charge in [0, 0.05) is 43.7 Å². The lowest BCUT2D eigenvalue weighted by molar-refractivity contribution is -0.140. The molecule has 0 amide bonds. The number of nitrogens with one attached hydrogen (secondary N) is 2. The lowest BCUT2D eigenvalue weighted by Crippen LogP contribution is -2.43. The van der Waals surface area contributed by atoms with Crippen molar-refractivity contribution < 1.29 is 13.2 Å². The summed E-state index contributed by atoms with van der Waals surface area (Å²) in [5.41, 5.74) is -1.09. The fraction of sp³-hybridized carbons (Fsp3) is 0.375. The summed E-state index contributed by atoms with van der Waals surface area (Å²) in [7, 11) is 0. The predicted octanol–water partition coefficient (Wildman–Crippen LogP) is 2.18. The van der Waals surface area contributed by atoms with E-state index in [4.69, 9.17) is 0 Å². The van der Waals surface area contributed by atoms with Crippen molar-refractivity contribution in [2.24, 2.45) is 0 Å². The first-order chi connectivity index (χ1) is 12.4. The Bertz CT molecular complexity index is 970. The zero-order valence-electron chi connectivity index (χ0n) is 13.6. The van der Waals surface area contributed by atoms with Crippen LogP contribution >= 0.6 is 11.3 Å². The molecule has 3 aromatic rings. The minimum absolute atomic E-state index is 0.0115. The van der Waals surface area contributed by atoms with Crippen molar-refractivity contribution in [1.82, 2.24) is 24.8 Å². The lowest BCUT2D eigenvalue weighted by atomic mass is 10.2. The van der Waals surface area contributed by atoms with Crippen molar-refractivity contribution in [2.75, 3.05) is 26.2 Å². The maximum atomic E-state index is 13.5. The first kappa shape index (κ1) is 17.3. The summed E-state index contributed by atoms with van der Waals surface area (Å²) in [5, 5.41) is 7.12. The number of thiophene rings is 1. The summed E-state index contributed by atoms with van der Waals surface area (Å²) in [6, 6.07) is 4.56. The summed E-state index contributed by atoms with van der Waals surface area (Å²) in [6.45, 7) is 3.72. The molecular formula is C16H16F3N5OS. The topological polar surface area (TPSA) is 65.4 Å². The van der Waals surface area contributed by atoms with Crippen LogP contribution in [0.3, 0.4) is 0 Å². The van der Waals surface area contributed by atoms with Crippen LogP contribution in [0.2, 0.25) is 0 Å². The molecule has 10 heteroatoms. The van der Waals surface area contributed by atoms with Gasteiger partial charge in [-0.1, -0.05) is 6.07 Å². The summed E-state index contributed by atoms with van der Waals surface area (Å²) in [4.78, 5) is 19.3.